The molecule has 31 heavy (non-hydrogen) atoms. The molecule has 1 saturated heterocycles. The van der Waals surface area contributed by atoms with E-state index in [0.717, 1.165) is 42.2 Å². The van der Waals surface area contributed by atoms with E-state index < -0.39 is 0 Å². The molecule has 4 heterocycles. The monoisotopic (exact) mass is 435 g/mol. The summed E-state index contributed by atoms with van der Waals surface area (Å²) >= 11 is 1.76. The van der Waals surface area contributed by atoms with Gasteiger partial charge in [-0.15, -0.1) is 11.3 Å². The van der Waals surface area contributed by atoms with Gasteiger partial charge in [0.2, 0.25) is 0 Å². The molecule has 1 aromatic carbocycles. The van der Waals surface area contributed by atoms with E-state index in [9.17, 15) is 4.79 Å². The number of furan rings is 1. The van der Waals surface area contributed by atoms with Gasteiger partial charge in [-0.25, -0.2) is 5.01 Å². The van der Waals surface area contributed by atoms with Crippen molar-refractivity contribution in [1.29, 1.82) is 0 Å². The van der Waals surface area contributed by atoms with E-state index in [4.69, 9.17) is 14.3 Å². The van der Waals surface area contributed by atoms with Crippen LogP contribution in [0.15, 0.2) is 69.7 Å². The Morgan fingerprint density at radius 2 is 2.06 bits per heavy atom. The van der Waals surface area contributed by atoms with Gasteiger partial charge in [-0.2, -0.15) is 5.10 Å². The second kappa shape index (κ2) is 8.69. The molecule has 5 rings (SSSR count). The topological polar surface area (TPSA) is 58.3 Å². The summed E-state index contributed by atoms with van der Waals surface area (Å²) in [4.78, 5) is 17.0. The van der Waals surface area contributed by atoms with Crippen LogP contribution in [-0.4, -0.2) is 41.7 Å². The molecule has 0 aliphatic carbocycles. The number of amides is 1. The molecule has 0 radical (unpaired) electrons. The minimum absolute atomic E-state index is 0.00775. The van der Waals surface area contributed by atoms with E-state index in [1.165, 1.54) is 4.88 Å². The summed E-state index contributed by atoms with van der Waals surface area (Å²) < 4.78 is 10.9. The largest absolute Gasteiger partial charge is 0.497 e. The van der Waals surface area contributed by atoms with Gasteiger partial charge >= 0.3 is 0 Å². The molecule has 6 nitrogen and oxygen atoms in total. The van der Waals surface area contributed by atoms with Gasteiger partial charge in [-0.05, 0) is 72.8 Å². The van der Waals surface area contributed by atoms with Gasteiger partial charge in [0.1, 0.15) is 17.6 Å². The number of carbonyl (C=O) groups is 1. The lowest BCUT2D eigenvalue weighted by Crippen LogP contribution is -2.37. The zero-order valence-corrected chi connectivity index (χ0v) is 18.3. The van der Waals surface area contributed by atoms with Crippen LogP contribution in [0.5, 0.6) is 5.75 Å². The Morgan fingerprint density at radius 1 is 1.19 bits per heavy atom. The molecular weight excluding hydrogens is 410 g/mol. The standard InChI is InChI=1S/C24H25N3O3S/c1-29-18-10-8-17(9-11-18)19-15-21(22-6-3-13-30-22)27(25-19)24(28)16-26-12-2-5-20(26)23-7-4-14-31-23/h3-4,6-11,13-14,20-21H,2,5,12,15-16H2,1H3/t20-,21-/m0/s1. The van der Waals surface area contributed by atoms with Crippen molar-refractivity contribution < 1.29 is 13.9 Å². The van der Waals surface area contributed by atoms with Gasteiger partial charge in [0, 0.05) is 17.3 Å². The first kappa shape index (κ1) is 20.0. The fourth-order valence-corrected chi connectivity index (χ4v) is 5.36. The highest BCUT2D eigenvalue weighted by Crippen LogP contribution is 2.36. The average molecular weight is 436 g/mol. The maximum Gasteiger partial charge on any atom is 0.257 e. The fourth-order valence-electron chi connectivity index (χ4n) is 4.47. The van der Waals surface area contributed by atoms with Crippen molar-refractivity contribution in [2.75, 3.05) is 20.2 Å². The summed E-state index contributed by atoms with van der Waals surface area (Å²) in [5, 5.41) is 8.49. The van der Waals surface area contributed by atoms with Crippen LogP contribution in [0.2, 0.25) is 0 Å². The van der Waals surface area contributed by atoms with Crippen LogP contribution in [0.3, 0.4) is 0 Å². The maximum atomic E-state index is 13.4. The van der Waals surface area contributed by atoms with Gasteiger partial charge < -0.3 is 9.15 Å². The number of thiophene rings is 1. The van der Waals surface area contributed by atoms with Crippen molar-refractivity contribution >= 4 is 23.0 Å². The highest BCUT2D eigenvalue weighted by molar-refractivity contribution is 7.10. The zero-order valence-electron chi connectivity index (χ0n) is 17.4. The number of hydrazone groups is 1. The number of benzene rings is 1. The maximum absolute atomic E-state index is 13.4. The molecule has 2 aliphatic heterocycles. The number of rotatable bonds is 6. The van der Waals surface area contributed by atoms with E-state index >= 15 is 0 Å². The van der Waals surface area contributed by atoms with E-state index in [1.807, 2.05) is 36.4 Å². The molecule has 2 aliphatic rings. The Kier molecular flexibility index (Phi) is 5.61. The Balaban J connectivity index is 1.38. The Hall–Kier alpha value is -2.90. The molecule has 0 spiro atoms. The number of ether oxygens (including phenoxy) is 1. The van der Waals surface area contributed by atoms with Gasteiger partial charge in [-0.3, -0.25) is 9.69 Å². The highest BCUT2D eigenvalue weighted by atomic mass is 32.1. The van der Waals surface area contributed by atoms with Crippen molar-refractivity contribution in [3.63, 3.8) is 0 Å². The molecule has 1 fully saturated rings. The third-order valence-corrected chi connectivity index (χ3v) is 7.01. The number of carbonyl (C=O) groups excluding carboxylic acids is 1. The van der Waals surface area contributed by atoms with Gasteiger partial charge in [0.05, 0.1) is 25.6 Å². The van der Waals surface area contributed by atoms with Crippen molar-refractivity contribution in [3.05, 3.63) is 76.4 Å². The quantitative estimate of drug-likeness (QED) is 0.555. The molecule has 0 saturated carbocycles. The van der Waals surface area contributed by atoms with Crippen LogP contribution < -0.4 is 4.74 Å². The smallest absolute Gasteiger partial charge is 0.257 e. The summed E-state index contributed by atoms with van der Waals surface area (Å²) in [6.45, 7) is 1.29. The first-order valence-electron chi connectivity index (χ1n) is 10.6. The molecule has 1 amide bonds. The molecule has 7 heteroatoms. The van der Waals surface area contributed by atoms with Crippen molar-refractivity contribution in [2.45, 2.75) is 31.3 Å². The molecular formula is C24H25N3O3S. The molecule has 2 aromatic heterocycles. The summed E-state index contributed by atoms with van der Waals surface area (Å²) in [5.41, 5.74) is 1.87. The molecule has 160 valence electrons. The number of hydrogen-bond acceptors (Lipinski definition) is 6. The van der Waals surface area contributed by atoms with Gasteiger partial charge in [-0.1, -0.05) is 6.07 Å². The van der Waals surface area contributed by atoms with Crippen LogP contribution in [0.1, 0.15) is 47.5 Å². The van der Waals surface area contributed by atoms with Crippen molar-refractivity contribution in [3.8, 4) is 5.75 Å². The molecule has 0 unspecified atom stereocenters. The number of methoxy groups -OCH3 is 1. The number of likely N-dealkylation sites (tertiary alicyclic amines) is 1. The lowest BCUT2D eigenvalue weighted by atomic mass is 10.0. The average Bonchev–Trinajstić information content (AvgIpc) is 3.59. The molecule has 2 atom stereocenters. The molecule has 0 N–H and O–H groups in total. The first-order valence-corrected chi connectivity index (χ1v) is 11.5. The third kappa shape index (κ3) is 4.03. The fraction of sp³-hybridized carbons (Fsp3) is 0.333. The highest BCUT2D eigenvalue weighted by Gasteiger charge is 2.37. The molecule has 0 bridgehead atoms. The second-order valence-corrected chi connectivity index (χ2v) is 8.87. The summed E-state index contributed by atoms with van der Waals surface area (Å²) in [6, 6.07) is 15.9. The summed E-state index contributed by atoms with van der Waals surface area (Å²) in [7, 11) is 1.65. The number of nitrogens with zero attached hydrogens (tertiary/aromatic N) is 3. The zero-order chi connectivity index (χ0) is 21.2. The molecule has 3 aromatic rings. The van der Waals surface area contributed by atoms with E-state index in [1.54, 1.807) is 29.7 Å². The van der Waals surface area contributed by atoms with E-state index in [2.05, 4.69) is 22.4 Å². The first-order chi connectivity index (χ1) is 15.2. The second-order valence-electron chi connectivity index (χ2n) is 7.89. The Morgan fingerprint density at radius 3 is 2.77 bits per heavy atom. The lowest BCUT2D eigenvalue weighted by Gasteiger charge is -2.26. The minimum atomic E-state index is -0.220. The van der Waals surface area contributed by atoms with Crippen LogP contribution in [0.25, 0.3) is 0 Å². The Labute approximate surface area is 185 Å². The summed E-state index contributed by atoms with van der Waals surface area (Å²) in [5.74, 6) is 1.57. The van der Waals surface area contributed by atoms with Gasteiger partial charge in [0.15, 0.2) is 0 Å². The third-order valence-electron chi connectivity index (χ3n) is 6.03. The Bertz CT molecular complexity index is 1040. The predicted molar refractivity (Wildman–Crippen MR) is 120 cm³/mol. The van der Waals surface area contributed by atoms with E-state index in [0.29, 0.717) is 19.0 Å². The summed E-state index contributed by atoms with van der Waals surface area (Å²) in [6.07, 6.45) is 4.48. The van der Waals surface area contributed by atoms with Crippen LogP contribution >= 0.6 is 11.3 Å². The van der Waals surface area contributed by atoms with Crippen molar-refractivity contribution in [2.24, 2.45) is 5.10 Å². The SMILES string of the molecule is COc1ccc(C2=NN(C(=O)CN3CCC[C@H]3c3cccs3)[C@H](c3ccco3)C2)cc1. The normalized spacial score (nSPS) is 21.5. The van der Waals surface area contributed by atoms with Crippen LogP contribution in [0.4, 0.5) is 0 Å². The number of hydrogen-bond donors (Lipinski definition) is 0. The lowest BCUT2D eigenvalue weighted by molar-refractivity contribution is -0.134. The predicted octanol–water partition coefficient (Wildman–Crippen LogP) is 4.86. The van der Waals surface area contributed by atoms with Gasteiger partial charge in [0.25, 0.3) is 5.91 Å². The minimum Gasteiger partial charge on any atom is -0.497 e. The van der Waals surface area contributed by atoms with E-state index in [-0.39, 0.29) is 11.9 Å². The van der Waals surface area contributed by atoms with Crippen LogP contribution in [-0.2, 0) is 4.79 Å². The van der Waals surface area contributed by atoms with Crippen molar-refractivity contribution in [1.82, 2.24) is 9.91 Å². The van der Waals surface area contributed by atoms with Crippen LogP contribution in [0, 0.1) is 0 Å².